The maximum absolute atomic E-state index is 9.18. The van der Waals surface area contributed by atoms with E-state index in [9.17, 15) is 5.26 Å². The summed E-state index contributed by atoms with van der Waals surface area (Å²) in [6.07, 6.45) is 6.16. The first-order valence-electron chi connectivity index (χ1n) is 10.8. The van der Waals surface area contributed by atoms with Crippen molar-refractivity contribution in [1.29, 1.82) is 5.26 Å². The zero-order valence-corrected chi connectivity index (χ0v) is 18.2. The van der Waals surface area contributed by atoms with E-state index in [1.54, 1.807) is 6.08 Å². The second-order valence-electron chi connectivity index (χ2n) is 8.07. The Morgan fingerprint density at radius 3 is 2.24 bits per heavy atom. The van der Waals surface area contributed by atoms with E-state index >= 15 is 0 Å². The maximum atomic E-state index is 9.18. The van der Waals surface area contributed by atoms with Crippen LogP contribution in [-0.2, 0) is 4.74 Å². The average molecular weight is 428 g/mol. The molecular weight excluding hydrogens is 406 g/mol. The van der Waals surface area contributed by atoms with Gasteiger partial charge in [-0.25, -0.2) is 10.1 Å². The standard InChI is InChI=1S/C29H21N3O/c1-20-17-22(27(19-30)31-2)18-24(33-20)16-13-21-11-14-23(15-12-21)32-28-9-5-3-7-25(28)26-8-4-6-10-29(26)32/h3-16,18,20H,17H2,1H3. The molecule has 33 heavy (non-hydrogen) atoms. The molecule has 0 fully saturated rings. The summed E-state index contributed by atoms with van der Waals surface area (Å²) in [6.45, 7) is 9.14. The molecule has 1 atom stereocenters. The summed E-state index contributed by atoms with van der Waals surface area (Å²) in [5.41, 5.74) is 5.37. The van der Waals surface area contributed by atoms with Crippen LogP contribution in [0, 0.1) is 17.9 Å². The number of allylic oxidation sites excluding steroid dienone is 3. The first-order valence-corrected chi connectivity index (χ1v) is 10.8. The van der Waals surface area contributed by atoms with Crippen molar-refractivity contribution in [3.05, 3.63) is 119 Å². The number of aromatic nitrogens is 1. The smallest absolute Gasteiger partial charge is 0.265 e. The molecule has 0 saturated carbocycles. The minimum Gasteiger partial charge on any atom is -0.490 e. The molecule has 0 N–H and O–H groups in total. The topological polar surface area (TPSA) is 42.3 Å². The van der Waals surface area contributed by atoms with Crippen molar-refractivity contribution in [3.63, 3.8) is 0 Å². The quantitative estimate of drug-likeness (QED) is 0.257. The fourth-order valence-corrected chi connectivity index (χ4v) is 4.38. The summed E-state index contributed by atoms with van der Waals surface area (Å²) in [5, 5.41) is 11.7. The molecule has 0 radical (unpaired) electrons. The average Bonchev–Trinajstić information content (AvgIpc) is 3.18. The molecule has 1 aromatic heterocycles. The minimum atomic E-state index is -0.0765. The fraction of sp³-hybridized carbons (Fsp3) is 0.103. The van der Waals surface area contributed by atoms with Crippen molar-refractivity contribution < 1.29 is 4.74 Å². The summed E-state index contributed by atoms with van der Waals surface area (Å²) in [5.74, 6) is 0.659. The first-order chi connectivity index (χ1) is 16.2. The molecule has 0 aliphatic carbocycles. The molecule has 0 amide bonds. The van der Waals surface area contributed by atoms with Crippen LogP contribution < -0.4 is 0 Å². The number of rotatable bonds is 3. The molecule has 0 saturated heterocycles. The Labute approximate surface area is 192 Å². The van der Waals surface area contributed by atoms with Gasteiger partial charge < -0.3 is 9.30 Å². The van der Waals surface area contributed by atoms with Gasteiger partial charge in [-0.2, -0.15) is 0 Å². The number of benzene rings is 3. The highest BCUT2D eigenvalue weighted by Gasteiger charge is 2.17. The van der Waals surface area contributed by atoms with Gasteiger partial charge >= 0.3 is 0 Å². The van der Waals surface area contributed by atoms with Crippen molar-refractivity contribution in [3.8, 4) is 11.8 Å². The molecule has 2 heterocycles. The molecule has 4 nitrogen and oxygen atoms in total. The van der Waals surface area contributed by atoms with Gasteiger partial charge in [0.2, 0.25) is 0 Å². The van der Waals surface area contributed by atoms with Crippen molar-refractivity contribution in [1.82, 2.24) is 4.57 Å². The van der Waals surface area contributed by atoms with Gasteiger partial charge in [0.25, 0.3) is 5.70 Å². The van der Waals surface area contributed by atoms with Gasteiger partial charge in [0.05, 0.1) is 29.8 Å². The van der Waals surface area contributed by atoms with Crippen LogP contribution in [0.25, 0.3) is 38.4 Å². The second-order valence-corrected chi connectivity index (χ2v) is 8.07. The number of hydrogen-bond donors (Lipinski definition) is 0. The molecule has 1 unspecified atom stereocenters. The van der Waals surface area contributed by atoms with Crippen LogP contribution in [-0.4, -0.2) is 10.7 Å². The molecule has 4 aromatic rings. The van der Waals surface area contributed by atoms with Crippen molar-refractivity contribution in [2.75, 3.05) is 0 Å². The van der Waals surface area contributed by atoms with Crippen LogP contribution in [0.4, 0.5) is 0 Å². The highest BCUT2D eigenvalue weighted by Crippen LogP contribution is 2.32. The number of para-hydroxylation sites is 2. The molecule has 3 aromatic carbocycles. The highest BCUT2D eigenvalue weighted by atomic mass is 16.5. The van der Waals surface area contributed by atoms with E-state index < -0.39 is 0 Å². The number of ether oxygens (including phenoxy) is 1. The third kappa shape index (κ3) is 3.80. The maximum Gasteiger partial charge on any atom is 0.265 e. The molecule has 1 aliphatic rings. The van der Waals surface area contributed by atoms with Crippen LogP contribution in [0.15, 0.2) is 102 Å². The summed E-state index contributed by atoms with van der Waals surface area (Å²) in [7, 11) is 0. The van der Waals surface area contributed by atoms with Gasteiger partial charge in [0.15, 0.2) is 0 Å². The molecule has 0 bridgehead atoms. The van der Waals surface area contributed by atoms with Crippen LogP contribution in [0.5, 0.6) is 0 Å². The van der Waals surface area contributed by atoms with E-state index in [0.717, 1.165) is 16.8 Å². The van der Waals surface area contributed by atoms with Crippen molar-refractivity contribution in [2.24, 2.45) is 0 Å². The third-order valence-electron chi connectivity index (χ3n) is 5.85. The molecule has 4 heteroatoms. The van der Waals surface area contributed by atoms with Crippen LogP contribution in [0.1, 0.15) is 18.9 Å². The Hall–Kier alpha value is -4.54. The SMILES string of the molecule is [C-]#[N+]C(C#N)=C1C=C(C=Cc2ccc(-n3c4ccccc4c4ccccc43)cc2)OC(C)C1. The number of fused-ring (bicyclic) bond motifs is 3. The van der Waals surface area contributed by atoms with Gasteiger partial charge in [-0.05, 0) is 54.5 Å². The Morgan fingerprint density at radius 2 is 1.64 bits per heavy atom. The normalized spacial score (nSPS) is 17.4. The predicted octanol–water partition coefficient (Wildman–Crippen LogP) is 7.19. The lowest BCUT2D eigenvalue weighted by atomic mass is 10.0. The Morgan fingerprint density at radius 1 is 1.00 bits per heavy atom. The van der Waals surface area contributed by atoms with Crippen LogP contribution in [0.2, 0.25) is 0 Å². The molecule has 158 valence electrons. The lowest BCUT2D eigenvalue weighted by molar-refractivity contribution is 0.133. The van der Waals surface area contributed by atoms with Crippen molar-refractivity contribution >= 4 is 27.9 Å². The van der Waals surface area contributed by atoms with E-state index in [1.807, 2.05) is 25.1 Å². The predicted molar refractivity (Wildman–Crippen MR) is 132 cm³/mol. The van der Waals surface area contributed by atoms with E-state index in [2.05, 4.69) is 82.2 Å². The lowest BCUT2D eigenvalue weighted by Crippen LogP contribution is -2.13. The largest absolute Gasteiger partial charge is 0.490 e. The number of nitriles is 1. The summed E-state index contributed by atoms with van der Waals surface area (Å²) >= 11 is 0. The summed E-state index contributed by atoms with van der Waals surface area (Å²) < 4.78 is 8.17. The van der Waals surface area contributed by atoms with Crippen LogP contribution in [0.3, 0.4) is 0 Å². The van der Waals surface area contributed by atoms with Crippen molar-refractivity contribution in [2.45, 2.75) is 19.4 Å². The summed E-state index contributed by atoms with van der Waals surface area (Å²) in [4.78, 5) is 3.34. The first kappa shape index (κ1) is 20.4. The van der Waals surface area contributed by atoms with E-state index in [1.165, 1.54) is 21.8 Å². The molecule has 1 aliphatic heterocycles. The Bertz CT molecular complexity index is 1470. The zero-order chi connectivity index (χ0) is 22.8. The molecular formula is C29H21N3O. The van der Waals surface area contributed by atoms with Gasteiger partial charge in [-0.3, -0.25) is 0 Å². The van der Waals surface area contributed by atoms with Gasteiger partial charge in [-0.1, -0.05) is 54.6 Å². The van der Waals surface area contributed by atoms with Gasteiger partial charge in [0.1, 0.15) is 5.76 Å². The molecule has 5 rings (SSSR count). The van der Waals surface area contributed by atoms with E-state index in [0.29, 0.717) is 12.2 Å². The minimum absolute atomic E-state index is 0.0765. The summed E-state index contributed by atoms with van der Waals surface area (Å²) in [6, 6.07) is 27.3. The number of nitrogens with zero attached hydrogens (tertiary/aromatic N) is 3. The number of hydrogen-bond acceptors (Lipinski definition) is 2. The van der Waals surface area contributed by atoms with Crippen LogP contribution >= 0.6 is 0 Å². The third-order valence-corrected chi connectivity index (χ3v) is 5.85. The highest BCUT2D eigenvalue weighted by molar-refractivity contribution is 6.09. The molecule has 0 spiro atoms. The van der Waals surface area contributed by atoms with Gasteiger partial charge in [0, 0.05) is 22.9 Å². The fourth-order valence-electron chi connectivity index (χ4n) is 4.38. The van der Waals surface area contributed by atoms with E-state index in [4.69, 9.17) is 11.3 Å². The van der Waals surface area contributed by atoms with E-state index in [-0.39, 0.29) is 11.8 Å². The second kappa shape index (κ2) is 8.54. The lowest BCUT2D eigenvalue weighted by Gasteiger charge is -2.22. The zero-order valence-electron chi connectivity index (χ0n) is 18.2. The monoisotopic (exact) mass is 427 g/mol. The Kier molecular flexibility index (Phi) is 5.27. The van der Waals surface area contributed by atoms with Gasteiger partial charge in [-0.15, -0.1) is 0 Å². The Balaban J connectivity index is 1.48.